The first-order chi connectivity index (χ1) is 16.8. The van der Waals surface area contributed by atoms with Crippen molar-refractivity contribution in [1.82, 2.24) is 0 Å². The number of hydrogen-bond acceptors (Lipinski definition) is 6. The van der Waals surface area contributed by atoms with Gasteiger partial charge in [-0.15, -0.1) is 0 Å². The Bertz CT molecular complexity index is 1160. The van der Waals surface area contributed by atoms with E-state index in [2.05, 4.69) is 6.92 Å². The lowest BCUT2D eigenvalue weighted by atomic mass is 9.55. The second kappa shape index (κ2) is 9.14. The minimum Gasteiger partial charge on any atom is -0.493 e. The molecule has 0 radical (unpaired) electrons. The van der Waals surface area contributed by atoms with Crippen LogP contribution in [0.2, 0.25) is 0 Å². The average molecular weight is 477 g/mol. The monoisotopic (exact) mass is 476 g/mol. The van der Waals surface area contributed by atoms with Crippen LogP contribution in [0.5, 0.6) is 11.5 Å². The first kappa shape index (κ1) is 23.6. The van der Waals surface area contributed by atoms with Crippen molar-refractivity contribution in [2.24, 2.45) is 17.3 Å². The highest BCUT2D eigenvalue weighted by Gasteiger charge is 2.56. The van der Waals surface area contributed by atoms with Crippen molar-refractivity contribution in [3.63, 3.8) is 0 Å². The van der Waals surface area contributed by atoms with E-state index in [1.807, 2.05) is 12.1 Å². The molecule has 2 aromatic rings. The van der Waals surface area contributed by atoms with Gasteiger partial charge in [-0.2, -0.15) is 0 Å². The summed E-state index contributed by atoms with van der Waals surface area (Å²) >= 11 is 0. The Morgan fingerprint density at radius 2 is 1.74 bits per heavy atom. The highest BCUT2D eigenvalue weighted by Crippen LogP contribution is 2.62. The largest absolute Gasteiger partial charge is 0.493 e. The molecule has 6 heteroatoms. The van der Waals surface area contributed by atoms with Gasteiger partial charge < -0.3 is 14.2 Å². The number of carbonyl (C=O) groups is 3. The highest BCUT2D eigenvalue weighted by atomic mass is 16.6. The van der Waals surface area contributed by atoms with E-state index in [9.17, 15) is 14.4 Å². The molecular weight excluding hydrogens is 444 g/mol. The second-order valence-corrected chi connectivity index (χ2v) is 10.4. The number of benzene rings is 2. The van der Waals surface area contributed by atoms with E-state index in [0.717, 1.165) is 44.1 Å². The lowest BCUT2D eigenvalue weighted by Gasteiger charge is -2.50. The summed E-state index contributed by atoms with van der Waals surface area (Å²) in [6.45, 7) is 3.81. The standard InChI is InChI=1S/C29H32O6/c1-17(30)34-26-12-11-23-21-10-9-19-15-25(35-28(32)27(31)18-7-5-4-6-8-18)24(33-3)16-22(19)20(21)13-14-29(23,26)2/h4-8,15-16,20-21,23,26H,9-14H2,1-3H3/t20?,21?,23?,26?,29-/m0/s1. The van der Waals surface area contributed by atoms with Crippen LogP contribution in [0, 0.1) is 17.3 Å². The summed E-state index contributed by atoms with van der Waals surface area (Å²) < 4.78 is 16.9. The van der Waals surface area contributed by atoms with Gasteiger partial charge in [0.05, 0.1) is 7.11 Å². The number of ether oxygens (including phenoxy) is 3. The van der Waals surface area contributed by atoms with Crippen LogP contribution in [0.1, 0.15) is 73.4 Å². The summed E-state index contributed by atoms with van der Waals surface area (Å²) in [6.07, 6.45) is 5.99. The van der Waals surface area contributed by atoms with Gasteiger partial charge in [0.2, 0.25) is 0 Å². The van der Waals surface area contributed by atoms with Crippen LogP contribution in [0.4, 0.5) is 0 Å². The van der Waals surface area contributed by atoms with Crippen LogP contribution >= 0.6 is 0 Å². The zero-order valence-corrected chi connectivity index (χ0v) is 20.5. The molecule has 184 valence electrons. The third kappa shape index (κ3) is 4.13. The van der Waals surface area contributed by atoms with E-state index in [1.165, 1.54) is 12.5 Å². The molecule has 0 saturated heterocycles. The number of hydrogen-bond donors (Lipinski definition) is 0. The lowest BCUT2D eigenvalue weighted by molar-refractivity contribution is -0.154. The molecule has 2 fully saturated rings. The molecule has 0 spiro atoms. The molecule has 0 amide bonds. The fourth-order valence-electron chi connectivity index (χ4n) is 7.02. The molecule has 35 heavy (non-hydrogen) atoms. The number of carbonyl (C=O) groups excluding carboxylic acids is 3. The van der Waals surface area contributed by atoms with Gasteiger partial charge in [-0.25, -0.2) is 4.79 Å². The molecule has 4 unspecified atom stereocenters. The summed E-state index contributed by atoms with van der Waals surface area (Å²) in [7, 11) is 1.55. The summed E-state index contributed by atoms with van der Waals surface area (Å²) in [6, 6.07) is 12.3. The van der Waals surface area contributed by atoms with Crippen molar-refractivity contribution in [1.29, 1.82) is 0 Å². The van der Waals surface area contributed by atoms with Crippen molar-refractivity contribution in [3.8, 4) is 11.5 Å². The first-order valence-corrected chi connectivity index (χ1v) is 12.5. The number of Topliss-reactive ketones (excluding diaryl/α,β-unsaturated/α-hetero) is 1. The minimum atomic E-state index is -0.918. The molecule has 3 aliphatic rings. The van der Waals surface area contributed by atoms with E-state index in [4.69, 9.17) is 14.2 Å². The van der Waals surface area contributed by atoms with Crippen LogP contribution in [-0.4, -0.2) is 30.9 Å². The number of rotatable bonds is 5. The molecule has 0 aromatic heterocycles. The minimum absolute atomic E-state index is 0.00539. The van der Waals surface area contributed by atoms with Crippen LogP contribution < -0.4 is 9.47 Å². The number of esters is 2. The van der Waals surface area contributed by atoms with Gasteiger partial charge in [0.25, 0.3) is 5.78 Å². The maximum absolute atomic E-state index is 12.6. The molecule has 0 heterocycles. The van der Waals surface area contributed by atoms with Crippen LogP contribution in [0.15, 0.2) is 42.5 Å². The number of fused-ring (bicyclic) bond motifs is 5. The zero-order valence-electron chi connectivity index (χ0n) is 20.5. The summed E-state index contributed by atoms with van der Waals surface area (Å²) in [4.78, 5) is 36.8. The second-order valence-electron chi connectivity index (χ2n) is 10.4. The molecule has 0 aliphatic heterocycles. The molecule has 0 N–H and O–H groups in total. The summed E-state index contributed by atoms with van der Waals surface area (Å²) in [5.41, 5.74) is 2.73. The number of ketones is 1. The Balaban J connectivity index is 1.38. The van der Waals surface area contributed by atoms with Gasteiger partial charge in [0.15, 0.2) is 11.5 Å². The predicted molar refractivity (Wildman–Crippen MR) is 130 cm³/mol. The van der Waals surface area contributed by atoms with Crippen molar-refractivity contribution in [2.75, 3.05) is 7.11 Å². The van der Waals surface area contributed by atoms with Crippen molar-refractivity contribution < 1.29 is 28.6 Å². The topological polar surface area (TPSA) is 78.9 Å². The van der Waals surface area contributed by atoms with Gasteiger partial charge in [0.1, 0.15) is 6.10 Å². The third-order valence-electron chi connectivity index (χ3n) is 8.65. The molecule has 6 nitrogen and oxygen atoms in total. The lowest BCUT2D eigenvalue weighted by Crippen LogP contribution is -2.45. The molecule has 2 saturated carbocycles. The van der Waals surface area contributed by atoms with Crippen LogP contribution in [0.25, 0.3) is 0 Å². The summed E-state index contributed by atoms with van der Waals surface area (Å²) in [5, 5.41) is 0. The molecule has 2 aromatic carbocycles. The predicted octanol–water partition coefficient (Wildman–Crippen LogP) is 5.27. The fraction of sp³-hybridized carbons (Fsp3) is 0.483. The molecule has 3 aliphatic carbocycles. The average Bonchev–Trinajstić information content (AvgIpc) is 3.18. The Morgan fingerprint density at radius 3 is 2.46 bits per heavy atom. The van der Waals surface area contributed by atoms with Gasteiger partial charge in [-0.1, -0.05) is 37.3 Å². The SMILES string of the molecule is COc1cc2c(cc1OC(=O)C(=O)c1ccccc1)CCC1C2CC[C@]2(C)C(OC(C)=O)CCC12. The van der Waals surface area contributed by atoms with Gasteiger partial charge in [-0.3, -0.25) is 9.59 Å². The van der Waals surface area contributed by atoms with Crippen molar-refractivity contribution in [3.05, 3.63) is 59.2 Å². The van der Waals surface area contributed by atoms with E-state index in [0.29, 0.717) is 29.1 Å². The van der Waals surface area contributed by atoms with E-state index in [-0.39, 0.29) is 23.2 Å². The smallest absolute Gasteiger partial charge is 0.385 e. The molecule has 0 bridgehead atoms. The van der Waals surface area contributed by atoms with Gasteiger partial charge >= 0.3 is 11.9 Å². The van der Waals surface area contributed by atoms with E-state index in [1.54, 1.807) is 37.4 Å². The number of methoxy groups -OCH3 is 1. The Morgan fingerprint density at radius 1 is 0.971 bits per heavy atom. The van der Waals surface area contributed by atoms with E-state index >= 15 is 0 Å². The Kier molecular flexibility index (Phi) is 6.16. The molecule has 5 rings (SSSR count). The maximum atomic E-state index is 12.6. The third-order valence-corrected chi connectivity index (χ3v) is 8.65. The van der Waals surface area contributed by atoms with Crippen LogP contribution in [0.3, 0.4) is 0 Å². The Hall–Kier alpha value is -3.15. The van der Waals surface area contributed by atoms with Crippen LogP contribution in [-0.2, 0) is 20.7 Å². The van der Waals surface area contributed by atoms with Gasteiger partial charge in [-0.05, 0) is 79.5 Å². The quantitative estimate of drug-likeness (QED) is 0.253. The maximum Gasteiger partial charge on any atom is 0.385 e. The number of aryl methyl sites for hydroxylation is 1. The summed E-state index contributed by atoms with van der Waals surface area (Å²) in [5.74, 6) is 0.416. The first-order valence-electron chi connectivity index (χ1n) is 12.5. The zero-order chi connectivity index (χ0) is 24.7. The fourth-order valence-corrected chi connectivity index (χ4v) is 7.02. The van der Waals surface area contributed by atoms with E-state index < -0.39 is 11.8 Å². The van der Waals surface area contributed by atoms with Gasteiger partial charge in [0, 0.05) is 17.9 Å². The Labute approximate surface area is 206 Å². The van der Waals surface area contributed by atoms with Crippen molar-refractivity contribution >= 4 is 17.7 Å². The molecule has 5 atom stereocenters. The normalized spacial score (nSPS) is 28.8. The molecular formula is C29H32O6. The highest BCUT2D eigenvalue weighted by molar-refractivity contribution is 6.41. The van der Waals surface area contributed by atoms with Crippen molar-refractivity contribution in [2.45, 2.75) is 64.4 Å².